The Morgan fingerprint density at radius 3 is 2.85 bits per heavy atom. The average Bonchev–Trinajstić information content (AvgIpc) is 2.07. The van der Waals surface area contributed by atoms with Crippen LogP contribution in [0.1, 0.15) is 5.56 Å². The van der Waals surface area contributed by atoms with Crippen molar-refractivity contribution in [1.29, 1.82) is 5.26 Å². The number of anilines is 1. The van der Waals surface area contributed by atoms with Gasteiger partial charge in [-0.15, -0.1) is 0 Å². The van der Waals surface area contributed by atoms with E-state index in [1.54, 1.807) is 6.07 Å². The van der Waals surface area contributed by atoms with E-state index < -0.39 is 11.8 Å². The summed E-state index contributed by atoms with van der Waals surface area (Å²) in [7, 11) is 0. The highest BCUT2D eigenvalue weighted by Gasteiger charge is 2.03. The molecular formula is C8H6FN3O. The molecule has 3 N–H and O–H groups in total. The maximum atomic E-state index is 12.7. The standard InChI is InChI=1S/C8H6FN3O/c9-7-2-1-6(12-8(11)13)3-5(7)4-10/h1-3H,(H3,11,12,13). The molecule has 1 rings (SSSR count). The molecule has 0 aliphatic heterocycles. The number of nitrogens with zero attached hydrogens (tertiary/aromatic N) is 1. The Balaban J connectivity index is 3.01. The quantitative estimate of drug-likeness (QED) is 0.679. The summed E-state index contributed by atoms with van der Waals surface area (Å²) in [6, 6.07) is 4.50. The SMILES string of the molecule is N#Cc1cc(NC(N)=O)ccc1F. The van der Waals surface area contributed by atoms with Crippen LogP contribution in [0.2, 0.25) is 0 Å². The maximum absolute atomic E-state index is 12.7. The third-order valence-corrected chi connectivity index (χ3v) is 1.35. The molecule has 1 aromatic rings. The van der Waals surface area contributed by atoms with Crippen molar-refractivity contribution >= 4 is 11.7 Å². The van der Waals surface area contributed by atoms with Gasteiger partial charge in [0.2, 0.25) is 0 Å². The van der Waals surface area contributed by atoms with Gasteiger partial charge in [0.25, 0.3) is 0 Å². The molecule has 0 bridgehead atoms. The minimum Gasteiger partial charge on any atom is -0.351 e. The third kappa shape index (κ3) is 2.17. The molecule has 1 aromatic carbocycles. The normalized spacial score (nSPS) is 8.92. The molecule has 0 heterocycles. The molecule has 0 saturated carbocycles. The number of hydrogen-bond acceptors (Lipinski definition) is 2. The zero-order chi connectivity index (χ0) is 9.84. The molecule has 0 aliphatic carbocycles. The molecule has 0 saturated heterocycles. The van der Waals surface area contributed by atoms with Crippen molar-refractivity contribution in [3.63, 3.8) is 0 Å². The summed E-state index contributed by atoms with van der Waals surface area (Å²) < 4.78 is 12.7. The van der Waals surface area contributed by atoms with Crippen LogP contribution < -0.4 is 11.1 Å². The van der Waals surface area contributed by atoms with E-state index in [2.05, 4.69) is 5.32 Å². The minimum atomic E-state index is -0.754. The van der Waals surface area contributed by atoms with Crippen molar-refractivity contribution in [2.45, 2.75) is 0 Å². The number of rotatable bonds is 1. The van der Waals surface area contributed by atoms with Crippen LogP contribution in [0.4, 0.5) is 14.9 Å². The molecule has 0 fully saturated rings. The Morgan fingerprint density at radius 1 is 1.62 bits per heavy atom. The molecule has 0 unspecified atom stereocenters. The fourth-order valence-electron chi connectivity index (χ4n) is 0.831. The summed E-state index contributed by atoms with van der Waals surface area (Å²) in [5.41, 5.74) is 4.99. The van der Waals surface area contributed by atoms with Gasteiger partial charge >= 0.3 is 6.03 Å². The number of primary amides is 1. The van der Waals surface area contributed by atoms with Gasteiger partial charge in [-0.1, -0.05) is 0 Å². The van der Waals surface area contributed by atoms with Gasteiger partial charge in [0.1, 0.15) is 11.9 Å². The van der Waals surface area contributed by atoms with E-state index in [0.717, 1.165) is 6.07 Å². The summed E-state index contributed by atoms with van der Waals surface area (Å²) in [4.78, 5) is 10.4. The highest BCUT2D eigenvalue weighted by molar-refractivity contribution is 5.87. The lowest BCUT2D eigenvalue weighted by atomic mass is 10.2. The second-order valence-electron chi connectivity index (χ2n) is 2.30. The molecule has 0 atom stereocenters. The van der Waals surface area contributed by atoms with Crippen molar-refractivity contribution < 1.29 is 9.18 Å². The smallest absolute Gasteiger partial charge is 0.316 e. The number of amides is 2. The van der Waals surface area contributed by atoms with E-state index in [-0.39, 0.29) is 5.56 Å². The zero-order valence-electron chi connectivity index (χ0n) is 6.54. The van der Waals surface area contributed by atoms with Crippen LogP contribution >= 0.6 is 0 Å². The van der Waals surface area contributed by atoms with Gasteiger partial charge < -0.3 is 11.1 Å². The lowest BCUT2D eigenvalue weighted by Gasteiger charge is -2.01. The van der Waals surface area contributed by atoms with Gasteiger partial charge in [-0.2, -0.15) is 5.26 Å². The van der Waals surface area contributed by atoms with Crippen LogP contribution in [0.5, 0.6) is 0 Å². The van der Waals surface area contributed by atoms with E-state index in [1.807, 2.05) is 0 Å². The third-order valence-electron chi connectivity index (χ3n) is 1.35. The second kappa shape index (κ2) is 3.54. The Labute approximate surface area is 73.8 Å². The lowest BCUT2D eigenvalue weighted by molar-refractivity contribution is 0.259. The van der Waals surface area contributed by atoms with Crippen molar-refractivity contribution in [2.24, 2.45) is 5.73 Å². The van der Waals surface area contributed by atoms with Crippen LogP contribution in [0.25, 0.3) is 0 Å². The Bertz CT molecular complexity index is 383. The van der Waals surface area contributed by atoms with Gasteiger partial charge in [-0.25, -0.2) is 9.18 Å². The minimum absolute atomic E-state index is 0.133. The van der Waals surface area contributed by atoms with E-state index in [1.165, 1.54) is 12.1 Å². The predicted molar refractivity (Wildman–Crippen MR) is 44.3 cm³/mol. The molecule has 13 heavy (non-hydrogen) atoms. The highest BCUT2D eigenvalue weighted by Crippen LogP contribution is 2.13. The lowest BCUT2D eigenvalue weighted by Crippen LogP contribution is -2.19. The Kier molecular flexibility index (Phi) is 2.45. The summed E-state index contributed by atoms with van der Waals surface area (Å²) in [6.07, 6.45) is 0. The van der Waals surface area contributed by atoms with E-state index >= 15 is 0 Å². The van der Waals surface area contributed by atoms with E-state index in [4.69, 9.17) is 11.0 Å². The molecule has 0 spiro atoms. The zero-order valence-corrected chi connectivity index (χ0v) is 6.54. The molecular weight excluding hydrogens is 173 g/mol. The number of carbonyl (C=O) groups is 1. The van der Waals surface area contributed by atoms with Crippen LogP contribution in [0.3, 0.4) is 0 Å². The molecule has 66 valence electrons. The highest BCUT2D eigenvalue weighted by atomic mass is 19.1. The maximum Gasteiger partial charge on any atom is 0.316 e. The summed E-state index contributed by atoms with van der Waals surface area (Å²) in [5.74, 6) is -0.627. The Morgan fingerprint density at radius 2 is 2.31 bits per heavy atom. The number of halogens is 1. The summed E-state index contributed by atoms with van der Waals surface area (Å²) in [5, 5.41) is 10.7. The van der Waals surface area contributed by atoms with Gasteiger partial charge in [-0.05, 0) is 18.2 Å². The predicted octanol–water partition coefficient (Wildman–Crippen LogP) is 1.19. The van der Waals surface area contributed by atoms with Gasteiger partial charge in [0.15, 0.2) is 0 Å². The fourth-order valence-corrected chi connectivity index (χ4v) is 0.831. The van der Waals surface area contributed by atoms with Crippen molar-refractivity contribution in [3.8, 4) is 6.07 Å². The monoisotopic (exact) mass is 179 g/mol. The first-order valence-electron chi connectivity index (χ1n) is 3.39. The fraction of sp³-hybridized carbons (Fsp3) is 0. The van der Waals surface area contributed by atoms with Gasteiger partial charge in [0, 0.05) is 5.69 Å². The van der Waals surface area contributed by atoms with Gasteiger partial charge in [0.05, 0.1) is 5.56 Å². The average molecular weight is 179 g/mol. The number of nitrogens with one attached hydrogen (secondary N) is 1. The number of benzene rings is 1. The van der Waals surface area contributed by atoms with Crippen molar-refractivity contribution in [2.75, 3.05) is 5.32 Å². The molecule has 5 heteroatoms. The molecule has 4 nitrogen and oxygen atoms in total. The Hall–Kier alpha value is -2.09. The topological polar surface area (TPSA) is 78.9 Å². The van der Waals surface area contributed by atoms with Crippen LogP contribution in [-0.2, 0) is 0 Å². The molecule has 2 amide bonds. The summed E-state index contributed by atoms with van der Waals surface area (Å²) in [6.45, 7) is 0. The van der Waals surface area contributed by atoms with Crippen LogP contribution in [0, 0.1) is 17.1 Å². The first-order valence-corrected chi connectivity index (χ1v) is 3.39. The largest absolute Gasteiger partial charge is 0.351 e. The van der Waals surface area contributed by atoms with E-state index in [0.29, 0.717) is 5.69 Å². The second-order valence-corrected chi connectivity index (χ2v) is 2.30. The van der Waals surface area contributed by atoms with Crippen molar-refractivity contribution in [1.82, 2.24) is 0 Å². The first-order chi connectivity index (χ1) is 6.13. The number of nitriles is 1. The molecule has 0 radical (unpaired) electrons. The van der Waals surface area contributed by atoms with Gasteiger partial charge in [-0.3, -0.25) is 0 Å². The number of hydrogen-bond donors (Lipinski definition) is 2. The number of carbonyl (C=O) groups excluding carboxylic acids is 1. The van der Waals surface area contributed by atoms with Crippen LogP contribution in [-0.4, -0.2) is 6.03 Å². The first kappa shape index (κ1) is 9.00. The van der Waals surface area contributed by atoms with Crippen LogP contribution in [0.15, 0.2) is 18.2 Å². The molecule has 0 aliphatic rings. The molecule has 0 aromatic heterocycles. The van der Waals surface area contributed by atoms with Crippen molar-refractivity contribution in [3.05, 3.63) is 29.6 Å². The number of nitrogens with two attached hydrogens (primary N) is 1. The summed E-state index contributed by atoms with van der Waals surface area (Å²) >= 11 is 0. The number of urea groups is 1. The van der Waals surface area contributed by atoms with E-state index in [9.17, 15) is 9.18 Å².